The van der Waals surface area contributed by atoms with E-state index in [0.29, 0.717) is 12.5 Å². The van der Waals surface area contributed by atoms with Crippen LogP contribution in [0, 0.1) is 0 Å². The molecule has 0 bridgehead atoms. The molecule has 3 aromatic rings. The van der Waals surface area contributed by atoms with Gasteiger partial charge in [-0.2, -0.15) is 4.98 Å². The predicted molar refractivity (Wildman–Crippen MR) is 78.2 cm³/mol. The molecule has 0 radical (unpaired) electrons. The highest BCUT2D eigenvalue weighted by Gasteiger charge is 2.12. The number of rotatable bonds is 4. The molecule has 0 aliphatic rings. The van der Waals surface area contributed by atoms with Gasteiger partial charge in [-0.3, -0.25) is 5.43 Å². The first-order valence-corrected chi connectivity index (χ1v) is 6.25. The molecule has 0 atom stereocenters. The Labute approximate surface area is 116 Å². The topological polar surface area (TPSA) is 80.2 Å². The van der Waals surface area contributed by atoms with Gasteiger partial charge in [-0.1, -0.05) is 12.1 Å². The number of hydrazine groups is 1. The summed E-state index contributed by atoms with van der Waals surface area (Å²) in [5, 5.41) is 0.973. The summed E-state index contributed by atoms with van der Waals surface area (Å²) < 4.78 is 5.37. The summed E-state index contributed by atoms with van der Waals surface area (Å²) in [4.78, 5) is 10.8. The standard InChI is InChI=1S/C14H15N5O/c1-19(9-10-5-4-8-20-10)13-11-6-2-3-7-12(11)16-14(17-13)18-15/h2-8H,9,15H2,1H3,(H,16,17,18). The Kier molecular flexibility index (Phi) is 3.22. The largest absolute Gasteiger partial charge is 0.467 e. The number of hydrogen-bond acceptors (Lipinski definition) is 6. The average molecular weight is 269 g/mol. The van der Waals surface area contributed by atoms with Crippen LogP contribution in [-0.2, 0) is 6.54 Å². The highest BCUT2D eigenvalue weighted by atomic mass is 16.3. The fourth-order valence-electron chi connectivity index (χ4n) is 2.13. The molecule has 6 heteroatoms. The molecule has 0 fully saturated rings. The summed E-state index contributed by atoms with van der Waals surface area (Å²) >= 11 is 0. The minimum absolute atomic E-state index is 0.394. The first-order chi connectivity index (χ1) is 9.78. The zero-order valence-corrected chi connectivity index (χ0v) is 11.1. The normalized spacial score (nSPS) is 10.7. The lowest BCUT2D eigenvalue weighted by atomic mass is 10.2. The highest BCUT2D eigenvalue weighted by Crippen LogP contribution is 2.25. The van der Waals surface area contributed by atoms with Crippen LogP contribution in [0.4, 0.5) is 11.8 Å². The number of nitrogens with one attached hydrogen (secondary N) is 1. The van der Waals surface area contributed by atoms with Crippen molar-refractivity contribution >= 4 is 22.7 Å². The minimum atomic E-state index is 0.394. The molecule has 1 aromatic carbocycles. The van der Waals surface area contributed by atoms with Crippen LogP contribution in [0.15, 0.2) is 47.1 Å². The maximum absolute atomic E-state index is 5.43. The van der Waals surface area contributed by atoms with Crippen molar-refractivity contribution in [1.29, 1.82) is 0 Å². The van der Waals surface area contributed by atoms with Crippen molar-refractivity contribution < 1.29 is 4.42 Å². The quantitative estimate of drug-likeness (QED) is 0.558. The monoisotopic (exact) mass is 269 g/mol. The van der Waals surface area contributed by atoms with E-state index in [4.69, 9.17) is 10.3 Å². The number of nitrogens with zero attached hydrogens (tertiary/aromatic N) is 3. The molecule has 6 nitrogen and oxygen atoms in total. The van der Waals surface area contributed by atoms with Crippen molar-refractivity contribution in [2.24, 2.45) is 5.84 Å². The van der Waals surface area contributed by atoms with Gasteiger partial charge in [0, 0.05) is 12.4 Å². The van der Waals surface area contributed by atoms with Gasteiger partial charge in [0.2, 0.25) is 5.95 Å². The van der Waals surface area contributed by atoms with Gasteiger partial charge in [0.25, 0.3) is 0 Å². The van der Waals surface area contributed by atoms with Gasteiger partial charge in [0.15, 0.2) is 0 Å². The molecule has 0 amide bonds. The third-order valence-corrected chi connectivity index (χ3v) is 3.05. The second-order valence-electron chi connectivity index (χ2n) is 4.47. The summed E-state index contributed by atoms with van der Waals surface area (Å²) in [6, 6.07) is 11.6. The van der Waals surface area contributed by atoms with Gasteiger partial charge in [-0.05, 0) is 24.3 Å². The van der Waals surface area contributed by atoms with E-state index in [1.165, 1.54) is 0 Å². The summed E-state index contributed by atoms with van der Waals surface area (Å²) in [6.07, 6.45) is 1.66. The maximum atomic E-state index is 5.43. The molecule has 0 saturated heterocycles. The Bertz CT molecular complexity index is 711. The van der Waals surface area contributed by atoms with E-state index < -0.39 is 0 Å². The molecule has 0 aliphatic heterocycles. The lowest BCUT2D eigenvalue weighted by Crippen LogP contribution is -2.20. The van der Waals surface area contributed by atoms with E-state index in [-0.39, 0.29) is 0 Å². The molecular formula is C14H15N5O. The molecule has 0 saturated carbocycles. The SMILES string of the molecule is CN(Cc1ccco1)c1nc(NN)nc2ccccc12. The summed E-state index contributed by atoms with van der Waals surface area (Å²) in [5.41, 5.74) is 3.35. The Morgan fingerprint density at radius 2 is 2.05 bits per heavy atom. The van der Waals surface area contributed by atoms with Crippen LogP contribution >= 0.6 is 0 Å². The number of fused-ring (bicyclic) bond motifs is 1. The van der Waals surface area contributed by atoms with Crippen molar-refractivity contribution in [1.82, 2.24) is 9.97 Å². The molecule has 20 heavy (non-hydrogen) atoms. The van der Waals surface area contributed by atoms with E-state index in [9.17, 15) is 0 Å². The average Bonchev–Trinajstić information content (AvgIpc) is 2.98. The van der Waals surface area contributed by atoms with E-state index in [1.807, 2.05) is 48.3 Å². The Balaban J connectivity index is 2.04. The van der Waals surface area contributed by atoms with E-state index in [0.717, 1.165) is 22.5 Å². The van der Waals surface area contributed by atoms with Crippen molar-refractivity contribution in [3.05, 3.63) is 48.4 Å². The second-order valence-corrected chi connectivity index (χ2v) is 4.47. The number of anilines is 2. The number of nitrogens with two attached hydrogens (primary N) is 1. The molecule has 3 rings (SSSR count). The number of benzene rings is 1. The molecular weight excluding hydrogens is 254 g/mol. The van der Waals surface area contributed by atoms with Gasteiger partial charge in [0.1, 0.15) is 11.6 Å². The Morgan fingerprint density at radius 3 is 2.80 bits per heavy atom. The number of para-hydroxylation sites is 1. The van der Waals surface area contributed by atoms with Crippen molar-refractivity contribution in [3.63, 3.8) is 0 Å². The van der Waals surface area contributed by atoms with Crippen LogP contribution in [0.1, 0.15) is 5.76 Å². The smallest absolute Gasteiger partial charge is 0.239 e. The minimum Gasteiger partial charge on any atom is -0.467 e. The van der Waals surface area contributed by atoms with Crippen LogP contribution in [0.25, 0.3) is 10.9 Å². The zero-order chi connectivity index (χ0) is 13.9. The number of aromatic nitrogens is 2. The molecule has 2 heterocycles. The molecule has 2 aromatic heterocycles. The van der Waals surface area contributed by atoms with Crippen LogP contribution in [0.3, 0.4) is 0 Å². The van der Waals surface area contributed by atoms with Crippen molar-refractivity contribution in [2.75, 3.05) is 17.4 Å². The van der Waals surface area contributed by atoms with E-state index >= 15 is 0 Å². The fraction of sp³-hybridized carbons (Fsp3) is 0.143. The molecule has 0 spiro atoms. The zero-order valence-electron chi connectivity index (χ0n) is 11.1. The Morgan fingerprint density at radius 1 is 1.20 bits per heavy atom. The third kappa shape index (κ3) is 2.28. The maximum Gasteiger partial charge on any atom is 0.239 e. The summed E-state index contributed by atoms with van der Waals surface area (Å²) in [5.74, 6) is 7.51. The number of furan rings is 1. The molecule has 0 aliphatic carbocycles. The molecule has 3 N–H and O–H groups in total. The highest BCUT2D eigenvalue weighted by molar-refractivity contribution is 5.90. The fourth-order valence-corrected chi connectivity index (χ4v) is 2.13. The van der Waals surface area contributed by atoms with Gasteiger partial charge >= 0.3 is 0 Å². The van der Waals surface area contributed by atoms with Crippen LogP contribution in [0.5, 0.6) is 0 Å². The van der Waals surface area contributed by atoms with Gasteiger partial charge in [0.05, 0.1) is 18.3 Å². The van der Waals surface area contributed by atoms with Crippen molar-refractivity contribution in [3.8, 4) is 0 Å². The number of nitrogen functional groups attached to an aromatic ring is 1. The van der Waals surface area contributed by atoms with Gasteiger partial charge < -0.3 is 9.32 Å². The van der Waals surface area contributed by atoms with Crippen LogP contribution in [-0.4, -0.2) is 17.0 Å². The summed E-state index contributed by atoms with van der Waals surface area (Å²) in [6.45, 7) is 0.623. The van der Waals surface area contributed by atoms with Crippen LogP contribution < -0.4 is 16.2 Å². The van der Waals surface area contributed by atoms with E-state index in [2.05, 4.69) is 15.4 Å². The first-order valence-electron chi connectivity index (χ1n) is 6.25. The predicted octanol–water partition coefficient (Wildman–Crippen LogP) is 2.14. The lowest BCUT2D eigenvalue weighted by Gasteiger charge is -2.19. The second kappa shape index (κ2) is 5.18. The van der Waals surface area contributed by atoms with Crippen LogP contribution in [0.2, 0.25) is 0 Å². The first kappa shape index (κ1) is 12.4. The van der Waals surface area contributed by atoms with Gasteiger partial charge in [-0.15, -0.1) is 0 Å². The van der Waals surface area contributed by atoms with Gasteiger partial charge in [-0.25, -0.2) is 10.8 Å². The number of hydrogen-bond donors (Lipinski definition) is 2. The lowest BCUT2D eigenvalue weighted by molar-refractivity contribution is 0.507. The molecule has 0 unspecified atom stereocenters. The van der Waals surface area contributed by atoms with E-state index in [1.54, 1.807) is 6.26 Å². The summed E-state index contributed by atoms with van der Waals surface area (Å²) in [7, 11) is 1.96. The Hall–Kier alpha value is -2.60. The third-order valence-electron chi connectivity index (χ3n) is 3.05. The van der Waals surface area contributed by atoms with Crippen molar-refractivity contribution in [2.45, 2.75) is 6.54 Å². The molecule has 102 valence electrons.